The first kappa shape index (κ1) is 19.4. The topological polar surface area (TPSA) is 53.1 Å². The molecule has 1 saturated carbocycles. The molecule has 0 saturated heterocycles. The number of fused-ring (bicyclic) bond motifs is 1. The summed E-state index contributed by atoms with van der Waals surface area (Å²) in [4.78, 5) is 11.2. The van der Waals surface area contributed by atoms with Crippen molar-refractivity contribution in [2.24, 2.45) is 0 Å². The van der Waals surface area contributed by atoms with Gasteiger partial charge >= 0.3 is 0 Å². The Hall–Kier alpha value is -1.92. The molecule has 2 aliphatic rings. The predicted molar refractivity (Wildman–Crippen MR) is 119 cm³/mol. The van der Waals surface area contributed by atoms with Gasteiger partial charge in [-0.1, -0.05) is 61.5 Å². The minimum atomic E-state index is 0.420. The molecule has 2 N–H and O–H groups in total. The van der Waals surface area contributed by atoms with E-state index in [-0.39, 0.29) is 0 Å². The van der Waals surface area contributed by atoms with Gasteiger partial charge in [-0.05, 0) is 42.6 Å². The van der Waals surface area contributed by atoms with Crippen LogP contribution in [0.5, 0.6) is 0 Å². The number of nitrogens with zero attached hydrogens (tertiary/aromatic N) is 3. The number of benzene rings is 1. The predicted octanol–water partition coefficient (Wildman–Crippen LogP) is 4.70. The number of nitrogens with one attached hydrogen (secondary N) is 2. The van der Waals surface area contributed by atoms with Crippen LogP contribution in [0.3, 0.4) is 0 Å². The lowest BCUT2D eigenvalue weighted by molar-refractivity contribution is 0.535. The normalized spacial score (nSPS) is 17.5. The lowest BCUT2D eigenvalue weighted by Gasteiger charge is -2.30. The second-order valence-electron chi connectivity index (χ2n) is 7.60. The quantitative estimate of drug-likeness (QED) is 0.430. The Morgan fingerprint density at radius 3 is 2.61 bits per heavy atom. The Morgan fingerprint density at radius 2 is 1.82 bits per heavy atom. The van der Waals surface area contributed by atoms with E-state index in [9.17, 15) is 0 Å². The van der Waals surface area contributed by atoms with Crippen molar-refractivity contribution in [2.45, 2.75) is 57.5 Å². The maximum Gasteiger partial charge on any atom is 0.232 e. The number of aromatic nitrogens is 2. The third-order valence-corrected chi connectivity index (χ3v) is 5.97. The van der Waals surface area contributed by atoms with Crippen molar-refractivity contribution >= 4 is 40.7 Å². The van der Waals surface area contributed by atoms with Crippen LogP contribution < -0.4 is 15.5 Å². The van der Waals surface area contributed by atoms with Gasteiger partial charge in [-0.2, -0.15) is 4.98 Å². The van der Waals surface area contributed by atoms with E-state index in [2.05, 4.69) is 49.8 Å². The van der Waals surface area contributed by atoms with Crippen LogP contribution in [0.2, 0.25) is 5.15 Å². The lowest BCUT2D eigenvalue weighted by Crippen LogP contribution is -2.38. The molecule has 148 valence electrons. The van der Waals surface area contributed by atoms with Gasteiger partial charge < -0.3 is 15.5 Å². The first-order valence-electron chi connectivity index (χ1n) is 10.1. The molecule has 1 aliphatic heterocycles. The molecule has 0 unspecified atom stereocenters. The van der Waals surface area contributed by atoms with Gasteiger partial charge in [0.2, 0.25) is 5.95 Å². The first-order chi connectivity index (χ1) is 13.7. The highest BCUT2D eigenvalue weighted by molar-refractivity contribution is 7.80. The Labute approximate surface area is 176 Å². The van der Waals surface area contributed by atoms with Crippen molar-refractivity contribution < 1.29 is 0 Å². The number of halogens is 1. The van der Waals surface area contributed by atoms with Crippen LogP contribution in [0.25, 0.3) is 0 Å². The Bertz CT molecular complexity index is 835. The van der Waals surface area contributed by atoms with E-state index in [1.54, 1.807) is 0 Å². The fraction of sp³-hybridized carbons (Fsp3) is 0.476. The largest absolute Gasteiger partial charge is 0.360 e. The van der Waals surface area contributed by atoms with Crippen LogP contribution in [0.4, 0.5) is 11.8 Å². The van der Waals surface area contributed by atoms with Gasteiger partial charge in [0.15, 0.2) is 5.11 Å². The molecule has 28 heavy (non-hydrogen) atoms. The Balaban J connectivity index is 1.43. The number of anilines is 2. The smallest absolute Gasteiger partial charge is 0.232 e. The van der Waals surface area contributed by atoms with E-state index in [0.29, 0.717) is 22.3 Å². The van der Waals surface area contributed by atoms with Crippen molar-refractivity contribution in [3.63, 3.8) is 0 Å². The summed E-state index contributed by atoms with van der Waals surface area (Å²) in [6, 6.07) is 10.8. The first-order valence-corrected chi connectivity index (χ1v) is 10.9. The van der Waals surface area contributed by atoms with Gasteiger partial charge in [0, 0.05) is 25.2 Å². The minimum Gasteiger partial charge on any atom is -0.360 e. The number of hydrogen-bond donors (Lipinski definition) is 2. The van der Waals surface area contributed by atoms with Crippen molar-refractivity contribution in [3.05, 3.63) is 46.6 Å². The van der Waals surface area contributed by atoms with Crippen LogP contribution in [0.1, 0.15) is 49.7 Å². The van der Waals surface area contributed by atoms with Crippen LogP contribution in [-0.4, -0.2) is 27.7 Å². The van der Waals surface area contributed by atoms with Crippen molar-refractivity contribution in [1.82, 2.24) is 15.3 Å². The third-order valence-electron chi connectivity index (χ3n) is 5.55. The van der Waals surface area contributed by atoms with E-state index in [1.807, 2.05) is 6.07 Å². The molecule has 1 aromatic heterocycles. The van der Waals surface area contributed by atoms with Gasteiger partial charge in [0.05, 0.1) is 0 Å². The number of thiocarbonyl (C=S) groups is 1. The van der Waals surface area contributed by atoms with Crippen molar-refractivity contribution in [2.75, 3.05) is 16.8 Å². The highest BCUT2D eigenvalue weighted by atomic mass is 35.5. The molecular formula is C21H26ClN5S. The second-order valence-corrected chi connectivity index (χ2v) is 8.40. The SMILES string of the molecule is S=C(Nc1nc(Cl)cc(N2CCc3ccccc3C2)n1)NC1CCCCCC1. The second kappa shape index (κ2) is 9.05. The highest BCUT2D eigenvalue weighted by Crippen LogP contribution is 2.25. The average Bonchev–Trinajstić information content (AvgIpc) is 2.95. The van der Waals surface area contributed by atoms with E-state index < -0.39 is 0 Å². The molecular weight excluding hydrogens is 390 g/mol. The molecule has 1 aliphatic carbocycles. The monoisotopic (exact) mass is 415 g/mol. The summed E-state index contributed by atoms with van der Waals surface area (Å²) < 4.78 is 0. The highest BCUT2D eigenvalue weighted by Gasteiger charge is 2.19. The van der Waals surface area contributed by atoms with Gasteiger partial charge in [-0.3, -0.25) is 0 Å². The maximum atomic E-state index is 6.28. The molecule has 5 nitrogen and oxygen atoms in total. The zero-order valence-electron chi connectivity index (χ0n) is 16.0. The van der Waals surface area contributed by atoms with Gasteiger partial charge in [-0.15, -0.1) is 0 Å². The molecule has 2 heterocycles. The molecule has 1 aromatic carbocycles. The van der Waals surface area contributed by atoms with E-state index in [4.69, 9.17) is 23.8 Å². The van der Waals surface area contributed by atoms with Gasteiger partial charge in [0.1, 0.15) is 11.0 Å². The minimum absolute atomic E-state index is 0.420. The Kier molecular flexibility index (Phi) is 6.27. The Morgan fingerprint density at radius 1 is 1.07 bits per heavy atom. The molecule has 0 amide bonds. The van der Waals surface area contributed by atoms with Crippen LogP contribution in [0.15, 0.2) is 30.3 Å². The molecule has 4 rings (SSSR count). The summed E-state index contributed by atoms with van der Waals surface area (Å²) in [5.41, 5.74) is 2.74. The standard InChI is InChI=1S/C21H26ClN5S/c22-18-13-19(27-12-11-15-7-5-6-8-16(15)14-27)25-20(24-18)26-21(28)23-17-9-3-1-2-4-10-17/h5-8,13,17H,1-4,9-12,14H2,(H2,23,24,25,26,28). The summed E-state index contributed by atoms with van der Waals surface area (Å²) in [5, 5.41) is 7.55. The third kappa shape index (κ3) is 4.92. The fourth-order valence-corrected chi connectivity index (χ4v) is 4.50. The molecule has 7 heteroatoms. The molecule has 0 radical (unpaired) electrons. The molecule has 0 atom stereocenters. The van der Waals surface area contributed by atoms with Crippen LogP contribution in [0, 0.1) is 0 Å². The van der Waals surface area contributed by atoms with Gasteiger partial charge in [-0.25, -0.2) is 4.98 Å². The fourth-order valence-electron chi connectivity index (χ4n) is 4.06. The zero-order valence-corrected chi connectivity index (χ0v) is 17.5. The van der Waals surface area contributed by atoms with Gasteiger partial charge in [0.25, 0.3) is 0 Å². The number of rotatable bonds is 3. The van der Waals surface area contributed by atoms with Crippen LogP contribution in [-0.2, 0) is 13.0 Å². The number of hydrogen-bond acceptors (Lipinski definition) is 4. The maximum absolute atomic E-state index is 6.28. The zero-order chi connectivity index (χ0) is 19.3. The van der Waals surface area contributed by atoms with E-state index in [1.165, 1.54) is 36.8 Å². The summed E-state index contributed by atoms with van der Waals surface area (Å²) in [5.74, 6) is 1.28. The molecule has 0 bridgehead atoms. The summed E-state index contributed by atoms with van der Waals surface area (Å²) in [6.07, 6.45) is 8.48. The average molecular weight is 416 g/mol. The molecule has 0 spiro atoms. The summed E-state index contributed by atoms with van der Waals surface area (Å²) >= 11 is 11.8. The van der Waals surface area contributed by atoms with Crippen molar-refractivity contribution in [3.8, 4) is 0 Å². The summed E-state index contributed by atoms with van der Waals surface area (Å²) in [6.45, 7) is 1.74. The summed E-state index contributed by atoms with van der Waals surface area (Å²) in [7, 11) is 0. The lowest BCUT2D eigenvalue weighted by atomic mass is 10.00. The molecule has 2 aromatic rings. The van der Waals surface area contributed by atoms with E-state index >= 15 is 0 Å². The van der Waals surface area contributed by atoms with Crippen molar-refractivity contribution in [1.29, 1.82) is 0 Å². The van der Waals surface area contributed by atoms with Crippen LogP contribution >= 0.6 is 23.8 Å². The molecule has 1 fully saturated rings. The van der Waals surface area contributed by atoms with E-state index in [0.717, 1.165) is 38.2 Å².